The molecule has 2 rings (SSSR count). The topological polar surface area (TPSA) is 76.2 Å². The normalized spacial score (nSPS) is 10.6. The van der Waals surface area contributed by atoms with E-state index < -0.39 is 5.97 Å². The van der Waals surface area contributed by atoms with E-state index in [2.05, 4.69) is 4.98 Å². The summed E-state index contributed by atoms with van der Waals surface area (Å²) in [6.45, 7) is 2.43. The molecule has 5 heteroatoms. The van der Waals surface area contributed by atoms with Crippen molar-refractivity contribution in [1.82, 2.24) is 4.98 Å². The summed E-state index contributed by atoms with van der Waals surface area (Å²) in [5, 5.41) is 9.81. The highest BCUT2D eigenvalue weighted by atomic mass is 32.1. The minimum atomic E-state index is -0.965. The van der Waals surface area contributed by atoms with Crippen LogP contribution in [0, 0.1) is 0 Å². The number of nitrogens with zero attached hydrogens (tertiary/aromatic N) is 1. The Balaban J connectivity index is 2.40. The van der Waals surface area contributed by atoms with Crippen LogP contribution in [0.15, 0.2) is 24.3 Å². The quantitative estimate of drug-likeness (QED) is 0.887. The van der Waals surface area contributed by atoms with Crippen LogP contribution in [-0.2, 0) is 13.0 Å². The zero-order valence-corrected chi connectivity index (χ0v) is 10.8. The molecule has 0 unspecified atom stereocenters. The minimum Gasteiger partial charge on any atom is -0.476 e. The average Bonchev–Trinajstić information content (AvgIpc) is 2.83. The first-order chi connectivity index (χ1) is 8.65. The van der Waals surface area contributed by atoms with Crippen molar-refractivity contribution in [3.05, 3.63) is 40.4 Å². The molecule has 0 radical (unpaired) electrons. The highest BCUT2D eigenvalue weighted by molar-refractivity contribution is 7.15. The number of carboxylic acids is 1. The van der Waals surface area contributed by atoms with Crippen molar-refractivity contribution in [2.24, 2.45) is 5.73 Å². The van der Waals surface area contributed by atoms with Crippen LogP contribution in [0.5, 0.6) is 0 Å². The Morgan fingerprint density at radius 3 is 2.50 bits per heavy atom. The fraction of sp³-hybridized carbons (Fsp3) is 0.231. The summed E-state index contributed by atoms with van der Waals surface area (Å²) in [7, 11) is 0. The van der Waals surface area contributed by atoms with Gasteiger partial charge in [-0.05, 0) is 12.0 Å². The summed E-state index contributed by atoms with van der Waals surface area (Å²) in [6.07, 6.45) is 0.681. The summed E-state index contributed by atoms with van der Waals surface area (Å²) in [6, 6.07) is 7.71. The van der Waals surface area contributed by atoms with Crippen molar-refractivity contribution in [3.63, 3.8) is 0 Å². The van der Waals surface area contributed by atoms with Gasteiger partial charge in [0.05, 0.1) is 0 Å². The molecule has 4 nitrogen and oxygen atoms in total. The molecule has 18 heavy (non-hydrogen) atoms. The lowest BCUT2D eigenvalue weighted by Crippen LogP contribution is -2.00. The zero-order chi connectivity index (χ0) is 13.1. The van der Waals surface area contributed by atoms with Crippen LogP contribution in [0.3, 0.4) is 0 Å². The third kappa shape index (κ3) is 2.42. The predicted molar refractivity (Wildman–Crippen MR) is 71.8 cm³/mol. The average molecular weight is 262 g/mol. The third-order valence-electron chi connectivity index (χ3n) is 2.66. The van der Waals surface area contributed by atoms with Crippen LogP contribution >= 0.6 is 11.3 Å². The largest absolute Gasteiger partial charge is 0.476 e. The van der Waals surface area contributed by atoms with Gasteiger partial charge < -0.3 is 10.8 Å². The fourth-order valence-corrected chi connectivity index (χ4v) is 2.66. The van der Waals surface area contributed by atoms with Crippen molar-refractivity contribution in [2.75, 3.05) is 0 Å². The molecule has 2 aromatic rings. The maximum Gasteiger partial charge on any atom is 0.355 e. The summed E-state index contributed by atoms with van der Waals surface area (Å²) < 4.78 is 0. The number of rotatable bonds is 4. The lowest BCUT2D eigenvalue weighted by Gasteiger charge is -1.98. The van der Waals surface area contributed by atoms with Gasteiger partial charge in [-0.1, -0.05) is 31.2 Å². The van der Waals surface area contributed by atoms with E-state index >= 15 is 0 Å². The summed E-state index contributed by atoms with van der Waals surface area (Å²) in [4.78, 5) is 16.1. The second kappa shape index (κ2) is 5.29. The van der Waals surface area contributed by atoms with Gasteiger partial charge in [-0.25, -0.2) is 9.78 Å². The van der Waals surface area contributed by atoms with E-state index in [1.165, 1.54) is 11.3 Å². The van der Waals surface area contributed by atoms with Gasteiger partial charge >= 0.3 is 5.97 Å². The number of nitrogens with two attached hydrogens (primary N) is 1. The van der Waals surface area contributed by atoms with E-state index in [1.807, 2.05) is 31.2 Å². The highest BCUT2D eigenvalue weighted by Crippen LogP contribution is 2.28. The first-order valence-electron chi connectivity index (χ1n) is 5.68. The molecule has 1 heterocycles. The molecular formula is C13H14N2O2S. The van der Waals surface area contributed by atoms with Gasteiger partial charge in [-0.15, -0.1) is 11.3 Å². The SMILES string of the molecule is CCc1sc(-c2ccc(CN)cc2)nc1C(=O)O. The van der Waals surface area contributed by atoms with Gasteiger partial charge in [-0.2, -0.15) is 0 Å². The van der Waals surface area contributed by atoms with Crippen LogP contribution in [0.2, 0.25) is 0 Å². The standard InChI is InChI=1S/C13H14N2O2S/c1-2-10-11(13(16)17)15-12(18-10)9-5-3-8(7-14)4-6-9/h3-6H,2,7,14H2,1H3,(H,16,17). The Labute approximate surface area is 109 Å². The number of carboxylic acid groups (broad SMARTS) is 1. The van der Waals surface area contributed by atoms with E-state index in [9.17, 15) is 4.79 Å². The maximum absolute atomic E-state index is 11.1. The van der Waals surface area contributed by atoms with E-state index in [0.29, 0.717) is 13.0 Å². The first-order valence-corrected chi connectivity index (χ1v) is 6.49. The van der Waals surface area contributed by atoms with Crippen LogP contribution in [0.4, 0.5) is 0 Å². The van der Waals surface area contributed by atoms with Gasteiger partial charge in [0.1, 0.15) is 5.01 Å². The zero-order valence-electron chi connectivity index (χ0n) is 10.0. The summed E-state index contributed by atoms with van der Waals surface area (Å²) in [5.41, 5.74) is 7.68. The highest BCUT2D eigenvalue weighted by Gasteiger charge is 2.16. The molecule has 0 atom stereocenters. The van der Waals surface area contributed by atoms with Gasteiger partial charge in [-0.3, -0.25) is 0 Å². The molecule has 0 aliphatic carbocycles. The van der Waals surface area contributed by atoms with Crippen molar-refractivity contribution < 1.29 is 9.90 Å². The number of aryl methyl sites for hydroxylation is 1. The molecule has 0 saturated heterocycles. The monoisotopic (exact) mass is 262 g/mol. The smallest absolute Gasteiger partial charge is 0.355 e. The molecule has 0 spiro atoms. The molecular weight excluding hydrogens is 248 g/mol. The second-order valence-corrected chi connectivity index (χ2v) is 4.93. The number of hydrogen-bond donors (Lipinski definition) is 2. The number of benzene rings is 1. The Bertz CT molecular complexity index is 561. The number of thiazole rings is 1. The summed E-state index contributed by atoms with van der Waals surface area (Å²) >= 11 is 1.43. The summed E-state index contributed by atoms with van der Waals surface area (Å²) in [5.74, 6) is -0.965. The van der Waals surface area contributed by atoms with Crippen molar-refractivity contribution in [3.8, 4) is 10.6 Å². The molecule has 0 aliphatic heterocycles. The minimum absolute atomic E-state index is 0.167. The van der Waals surface area contributed by atoms with Crippen molar-refractivity contribution in [1.29, 1.82) is 0 Å². The molecule has 0 bridgehead atoms. The molecule has 0 amide bonds. The van der Waals surface area contributed by atoms with E-state index in [1.54, 1.807) is 0 Å². The lowest BCUT2D eigenvalue weighted by atomic mass is 10.1. The molecule has 0 fully saturated rings. The number of hydrogen-bond acceptors (Lipinski definition) is 4. The molecule has 3 N–H and O–H groups in total. The second-order valence-electron chi connectivity index (χ2n) is 3.85. The number of aromatic carboxylic acids is 1. The van der Waals surface area contributed by atoms with Gasteiger partial charge in [0, 0.05) is 17.0 Å². The molecule has 1 aromatic heterocycles. The lowest BCUT2D eigenvalue weighted by molar-refractivity contribution is 0.0690. The van der Waals surface area contributed by atoms with Gasteiger partial charge in [0.2, 0.25) is 0 Å². The molecule has 1 aromatic carbocycles. The Morgan fingerprint density at radius 1 is 1.39 bits per heavy atom. The van der Waals surface area contributed by atoms with Crippen molar-refractivity contribution in [2.45, 2.75) is 19.9 Å². The van der Waals surface area contributed by atoms with Crippen LogP contribution < -0.4 is 5.73 Å². The van der Waals surface area contributed by atoms with Gasteiger partial charge in [0.25, 0.3) is 0 Å². The fourth-order valence-electron chi connectivity index (χ4n) is 1.67. The van der Waals surface area contributed by atoms with E-state index in [-0.39, 0.29) is 5.69 Å². The Kier molecular flexibility index (Phi) is 3.74. The first kappa shape index (κ1) is 12.7. The third-order valence-corrected chi connectivity index (χ3v) is 3.91. The van der Waals surface area contributed by atoms with Crippen LogP contribution in [0.1, 0.15) is 27.9 Å². The number of carbonyl (C=O) groups is 1. The molecule has 0 saturated carbocycles. The van der Waals surface area contributed by atoms with E-state index in [4.69, 9.17) is 10.8 Å². The molecule has 0 aliphatic rings. The maximum atomic E-state index is 11.1. The Hall–Kier alpha value is -1.72. The molecule has 94 valence electrons. The Morgan fingerprint density at radius 2 is 2.06 bits per heavy atom. The number of aromatic nitrogens is 1. The van der Waals surface area contributed by atoms with Crippen LogP contribution in [-0.4, -0.2) is 16.1 Å². The van der Waals surface area contributed by atoms with Crippen LogP contribution in [0.25, 0.3) is 10.6 Å². The predicted octanol–water partition coefficient (Wildman–Crippen LogP) is 2.53. The van der Waals surface area contributed by atoms with E-state index in [0.717, 1.165) is 21.0 Å². The van der Waals surface area contributed by atoms with Crippen molar-refractivity contribution >= 4 is 17.3 Å². The van der Waals surface area contributed by atoms with Gasteiger partial charge in [0.15, 0.2) is 5.69 Å².